The quantitative estimate of drug-likeness (QED) is 0.490. The predicted molar refractivity (Wildman–Crippen MR) is 120 cm³/mol. The molecule has 0 spiro atoms. The Balaban J connectivity index is 1.71. The van der Waals surface area contributed by atoms with Crippen LogP contribution in [0.4, 0.5) is 5.69 Å². The van der Waals surface area contributed by atoms with E-state index < -0.39 is 0 Å². The van der Waals surface area contributed by atoms with Gasteiger partial charge in [0.25, 0.3) is 5.91 Å². The molecule has 0 unspecified atom stereocenters. The molecular formula is C25H21NO5. The number of fused-ring (bicyclic) bond motifs is 1. The summed E-state index contributed by atoms with van der Waals surface area (Å²) in [5, 5.41) is 3.14. The van der Waals surface area contributed by atoms with Crippen LogP contribution in [-0.2, 0) is 4.79 Å². The van der Waals surface area contributed by atoms with E-state index in [1.807, 2.05) is 31.2 Å². The van der Waals surface area contributed by atoms with Gasteiger partial charge in [0.2, 0.25) is 11.2 Å². The van der Waals surface area contributed by atoms with Crippen LogP contribution < -0.4 is 20.2 Å². The lowest BCUT2D eigenvalue weighted by Crippen LogP contribution is -2.22. The van der Waals surface area contributed by atoms with Crippen molar-refractivity contribution in [2.75, 3.05) is 19.0 Å². The monoisotopic (exact) mass is 415 g/mol. The molecule has 4 aromatic rings. The van der Waals surface area contributed by atoms with Gasteiger partial charge in [0.05, 0.1) is 12.5 Å². The second kappa shape index (κ2) is 8.75. The van der Waals surface area contributed by atoms with Crippen LogP contribution in [0.5, 0.6) is 11.5 Å². The predicted octanol–water partition coefficient (Wildman–Crippen LogP) is 4.79. The topological polar surface area (TPSA) is 77.8 Å². The van der Waals surface area contributed by atoms with Crippen molar-refractivity contribution < 1.29 is 18.7 Å². The van der Waals surface area contributed by atoms with E-state index in [1.165, 1.54) is 0 Å². The maximum atomic E-state index is 13.2. The number of benzene rings is 3. The van der Waals surface area contributed by atoms with Crippen LogP contribution in [0.1, 0.15) is 5.56 Å². The molecule has 31 heavy (non-hydrogen) atoms. The van der Waals surface area contributed by atoms with Gasteiger partial charge in [-0.1, -0.05) is 29.8 Å². The molecule has 0 aliphatic heterocycles. The lowest BCUT2D eigenvalue weighted by molar-refractivity contribution is -0.118. The van der Waals surface area contributed by atoms with Gasteiger partial charge in [0, 0.05) is 11.3 Å². The van der Waals surface area contributed by atoms with Gasteiger partial charge in [-0.05, 0) is 55.5 Å². The van der Waals surface area contributed by atoms with E-state index in [9.17, 15) is 9.59 Å². The number of aryl methyl sites for hydroxylation is 1. The Kier molecular flexibility index (Phi) is 5.71. The van der Waals surface area contributed by atoms with Crippen molar-refractivity contribution in [3.05, 3.63) is 88.6 Å². The number of amides is 1. The van der Waals surface area contributed by atoms with Gasteiger partial charge in [-0.2, -0.15) is 0 Å². The zero-order valence-electron chi connectivity index (χ0n) is 17.2. The van der Waals surface area contributed by atoms with Crippen LogP contribution in [0.15, 0.2) is 82.0 Å². The summed E-state index contributed by atoms with van der Waals surface area (Å²) in [5.74, 6) is 0.547. The van der Waals surface area contributed by atoms with Crippen molar-refractivity contribution in [3.63, 3.8) is 0 Å². The number of hydrogen-bond donors (Lipinski definition) is 1. The fourth-order valence-corrected chi connectivity index (χ4v) is 3.21. The van der Waals surface area contributed by atoms with Crippen LogP contribution in [0.3, 0.4) is 0 Å². The molecule has 0 aliphatic carbocycles. The fourth-order valence-electron chi connectivity index (χ4n) is 3.21. The van der Waals surface area contributed by atoms with Gasteiger partial charge >= 0.3 is 0 Å². The molecule has 0 aliphatic rings. The van der Waals surface area contributed by atoms with Crippen molar-refractivity contribution >= 4 is 22.6 Å². The van der Waals surface area contributed by atoms with Gasteiger partial charge in [0.1, 0.15) is 11.3 Å². The number of rotatable bonds is 6. The summed E-state index contributed by atoms with van der Waals surface area (Å²) in [7, 11) is 1.58. The van der Waals surface area contributed by atoms with Crippen LogP contribution >= 0.6 is 0 Å². The highest BCUT2D eigenvalue weighted by molar-refractivity contribution is 5.92. The molecule has 0 radical (unpaired) electrons. The van der Waals surface area contributed by atoms with Crippen LogP contribution in [-0.4, -0.2) is 19.6 Å². The Bertz CT molecular complexity index is 1280. The van der Waals surface area contributed by atoms with E-state index in [1.54, 1.807) is 55.6 Å². The molecule has 0 saturated heterocycles. The molecule has 1 heterocycles. The molecule has 0 saturated carbocycles. The summed E-state index contributed by atoms with van der Waals surface area (Å²) in [6.45, 7) is 1.56. The van der Waals surface area contributed by atoms with Gasteiger partial charge in [-0.25, -0.2) is 0 Å². The summed E-state index contributed by atoms with van der Waals surface area (Å²) in [6, 6.07) is 21.5. The van der Waals surface area contributed by atoms with E-state index in [-0.39, 0.29) is 29.5 Å². The smallest absolute Gasteiger partial charge is 0.262 e. The van der Waals surface area contributed by atoms with Crippen LogP contribution in [0.2, 0.25) is 0 Å². The van der Waals surface area contributed by atoms with E-state index in [0.29, 0.717) is 28.0 Å². The summed E-state index contributed by atoms with van der Waals surface area (Å²) in [5.41, 5.74) is 2.32. The number of para-hydroxylation sites is 1. The maximum Gasteiger partial charge on any atom is 0.262 e. The van der Waals surface area contributed by atoms with E-state index in [0.717, 1.165) is 5.56 Å². The average Bonchev–Trinajstić information content (AvgIpc) is 2.79. The molecule has 1 amide bonds. The number of anilines is 1. The number of carbonyl (C=O) groups excluding carboxylic acids is 1. The lowest BCUT2D eigenvalue weighted by Gasteiger charge is -2.12. The second-order valence-electron chi connectivity index (χ2n) is 7.02. The molecule has 156 valence electrons. The van der Waals surface area contributed by atoms with E-state index in [4.69, 9.17) is 13.9 Å². The SMILES string of the molecule is COc1ccc(-c2oc3ccc(C)cc3c(=O)c2OCC(=O)Nc2ccccc2)cc1. The average molecular weight is 415 g/mol. The van der Waals surface area contributed by atoms with Crippen molar-refractivity contribution in [2.24, 2.45) is 0 Å². The third-order valence-corrected chi connectivity index (χ3v) is 4.76. The first-order valence-corrected chi connectivity index (χ1v) is 9.75. The Hall–Kier alpha value is -4.06. The molecule has 6 heteroatoms. The molecular weight excluding hydrogens is 394 g/mol. The number of hydrogen-bond acceptors (Lipinski definition) is 5. The van der Waals surface area contributed by atoms with Crippen LogP contribution in [0, 0.1) is 6.92 Å². The number of carbonyl (C=O) groups is 1. The zero-order valence-corrected chi connectivity index (χ0v) is 17.2. The second-order valence-corrected chi connectivity index (χ2v) is 7.02. The van der Waals surface area contributed by atoms with Gasteiger partial charge < -0.3 is 19.2 Å². The van der Waals surface area contributed by atoms with Crippen molar-refractivity contribution in [2.45, 2.75) is 6.92 Å². The molecule has 1 N–H and O–H groups in total. The van der Waals surface area contributed by atoms with Gasteiger partial charge in [0.15, 0.2) is 12.4 Å². The molecule has 0 fully saturated rings. The number of nitrogens with one attached hydrogen (secondary N) is 1. The Labute approximate surface area is 179 Å². The first kappa shape index (κ1) is 20.2. The third-order valence-electron chi connectivity index (χ3n) is 4.76. The van der Waals surface area contributed by atoms with Gasteiger partial charge in [-0.3, -0.25) is 9.59 Å². The summed E-state index contributed by atoms with van der Waals surface area (Å²) < 4.78 is 17.0. The summed E-state index contributed by atoms with van der Waals surface area (Å²) >= 11 is 0. The molecule has 0 bridgehead atoms. The highest BCUT2D eigenvalue weighted by Gasteiger charge is 2.19. The number of methoxy groups -OCH3 is 1. The van der Waals surface area contributed by atoms with E-state index in [2.05, 4.69) is 5.32 Å². The standard InChI is InChI=1S/C25H21NO5/c1-16-8-13-21-20(14-16)23(28)25(24(31-21)17-9-11-19(29-2)12-10-17)30-15-22(27)26-18-6-4-3-5-7-18/h3-14H,15H2,1-2H3,(H,26,27). The Morgan fingerprint density at radius 1 is 1.00 bits per heavy atom. The zero-order chi connectivity index (χ0) is 21.8. The largest absolute Gasteiger partial charge is 0.497 e. The lowest BCUT2D eigenvalue weighted by atomic mass is 10.1. The summed E-state index contributed by atoms with van der Waals surface area (Å²) in [6.07, 6.45) is 0. The fraction of sp³-hybridized carbons (Fsp3) is 0.120. The van der Waals surface area contributed by atoms with Crippen molar-refractivity contribution in [1.82, 2.24) is 0 Å². The Morgan fingerprint density at radius 2 is 1.74 bits per heavy atom. The minimum Gasteiger partial charge on any atom is -0.497 e. The summed E-state index contributed by atoms with van der Waals surface area (Å²) in [4.78, 5) is 25.6. The van der Waals surface area contributed by atoms with E-state index >= 15 is 0 Å². The minimum absolute atomic E-state index is 0.00789. The first-order valence-electron chi connectivity index (χ1n) is 9.75. The highest BCUT2D eigenvalue weighted by atomic mass is 16.5. The van der Waals surface area contributed by atoms with Gasteiger partial charge in [-0.15, -0.1) is 0 Å². The first-order chi connectivity index (χ1) is 15.0. The molecule has 1 aromatic heterocycles. The van der Waals surface area contributed by atoms with Crippen molar-refractivity contribution in [1.29, 1.82) is 0 Å². The maximum absolute atomic E-state index is 13.2. The van der Waals surface area contributed by atoms with Crippen LogP contribution in [0.25, 0.3) is 22.3 Å². The third kappa shape index (κ3) is 4.43. The normalized spacial score (nSPS) is 10.6. The Morgan fingerprint density at radius 3 is 2.45 bits per heavy atom. The highest BCUT2D eigenvalue weighted by Crippen LogP contribution is 2.32. The molecule has 3 aromatic carbocycles. The molecule has 6 nitrogen and oxygen atoms in total. The van der Waals surface area contributed by atoms with Crippen molar-refractivity contribution in [3.8, 4) is 22.8 Å². The number of ether oxygens (including phenoxy) is 2. The molecule has 4 rings (SSSR count). The molecule has 0 atom stereocenters. The minimum atomic E-state index is -0.379.